The highest BCUT2D eigenvalue weighted by molar-refractivity contribution is 5.92. The van der Waals surface area contributed by atoms with Crippen molar-refractivity contribution in [1.82, 2.24) is 10.2 Å². The zero-order valence-corrected chi connectivity index (χ0v) is 14.7. The lowest BCUT2D eigenvalue weighted by Crippen LogP contribution is -2.45. The summed E-state index contributed by atoms with van der Waals surface area (Å²) in [6, 6.07) is 8.58. The second-order valence-electron chi connectivity index (χ2n) is 6.77. The largest absolute Gasteiger partial charge is 0.325 e. The summed E-state index contributed by atoms with van der Waals surface area (Å²) in [7, 11) is 0. The minimum absolute atomic E-state index is 0. The third-order valence-corrected chi connectivity index (χ3v) is 4.77. The van der Waals surface area contributed by atoms with Crippen LogP contribution in [-0.4, -0.2) is 43.0 Å². The van der Waals surface area contributed by atoms with Crippen molar-refractivity contribution < 1.29 is 4.79 Å². The first-order valence-corrected chi connectivity index (χ1v) is 8.52. The average Bonchev–Trinajstić information content (AvgIpc) is 3.33. The lowest BCUT2D eigenvalue weighted by atomic mass is 10.0. The molecule has 0 aromatic heterocycles. The Morgan fingerprint density at radius 1 is 1.17 bits per heavy atom. The van der Waals surface area contributed by atoms with Crippen molar-refractivity contribution in [1.29, 1.82) is 0 Å². The fraction of sp³-hybridized carbons (Fsp3) is 0.611. The van der Waals surface area contributed by atoms with Crippen LogP contribution in [0.15, 0.2) is 24.3 Å². The van der Waals surface area contributed by atoms with E-state index in [1.165, 1.54) is 19.4 Å². The summed E-state index contributed by atoms with van der Waals surface area (Å²) in [5.74, 6) is 1.04. The summed E-state index contributed by atoms with van der Waals surface area (Å²) in [5, 5.41) is 6.70. The van der Waals surface area contributed by atoms with Crippen molar-refractivity contribution in [3.63, 3.8) is 0 Å². The maximum atomic E-state index is 12.2. The van der Waals surface area contributed by atoms with Crippen molar-refractivity contribution in [2.75, 3.05) is 31.5 Å². The molecule has 0 unspecified atom stereocenters. The molecule has 3 rings (SSSR count). The predicted octanol–water partition coefficient (Wildman–Crippen LogP) is 2.82. The molecule has 1 saturated heterocycles. The van der Waals surface area contributed by atoms with E-state index in [0.29, 0.717) is 12.6 Å². The van der Waals surface area contributed by atoms with Gasteiger partial charge in [0.25, 0.3) is 0 Å². The zero-order valence-electron chi connectivity index (χ0n) is 13.9. The quantitative estimate of drug-likeness (QED) is 0.839. The van der Waals surface area contributed by atoms with Gasteiger partial charge >= 0.3 is 0 Å². The summed E-state index contributed by atoms with van der Waals surface area (Å²) in [5.41, 5.74) is 2.03. The van der Waals surface area contributed by atoms with Gasteiger partial charge in [-0.2, -0.15) is 0 Å². The molecular weight excluding hydrogens is 310 g/mol. The number of para-hydroxylation sites is 1. The minimum Gasteiger partial charge on any atom is -0.325 e. The fourth-order valence-corrected chi connectivity index (χ4v) is 3.06. The molecule has 4 nitrogen and oxygen atoms in total. The van der Waals surface area contributed by atoms with E-state index in [0.717, 1.165) is 43.1 Å². The third kappa shape index (κ3) is 5.79. The molecule has 23 heavy (non-hydrogen) atoms. The molecule has 1 amide bonds. The van der Waals surface area contributed by atoms with Gasteiger partial charge in [-0.05, 0) is 56.7 Å². The lowest BCUT2D eigenvalue weighted by Gasteiger charge is -2.32. The van der Waals surface area contributed by atoms with E-state index in [2.05, 4.69) is 15.5 Å². The zero-order chi connectivity index (χ0) is 15.4. The number of hydrogen-bond acceptors (Lipinski definition) is 3. The fourth-order valence-electron chi connectivity index (χ4n) is 3.06. The van der Waals surface area contributed by atoms with E-state index in [4.69, 9.17) is 0 Å². The highest BCUT2D eigenvalue weighted by atomic mass is 35.5. The van der Waals surface area contributed by atoms with Crippen LogP contribution in [0.5, 0.6) is 0 Å². The molecule has 5 heteroatoms. The Hall–Kier alpha value is -1.10. The summed E-state index contributed by atoms with van der Waals surface area (Å²) in [6.07, 6.45) is 5.13. The van der Waals surface area contributed by atoms with Gasteiger partial charge < -0.3 is 10.6 Å². The molecule has 1 aromatic carbocycles. The van der Waals surface area contributed by atoms with Crippen LogP contribution in [0.2, 0.25) is 0 Å². The summed E-state index contributed by atoms with van der Waals surface area (Å²) < 4.78 is 0. The molecule has 1 heterocycles. The number of nitrogens with zero attached hydrogens (tertiary/aromatic N) is 1. The number of halogens is 1. The number of hydrogen-bond donors (Lipinski definition) is 2. The van der Waals surface area contributed by atoms with Gasteiger partial charge in [0, 0.05) is 24.8 Å². The highest BCUT2D eigenvalue weighted by Gasteiger charge is 2.24. The standard InChI is InChI=1S/C18H27N3O.ClH/c1-14-4-2-3-5-17(14)20-18(22)13-21-10-8-16(9-11-21)19-12-15-6-7-15;/h2-5,15-16,19H,6-13H2,1H3,(H,20,22);1H. The summed E-state index contributed by atoms with van der Waals surface area (Å²) >= 11 is 0. The average molecular weight is 338 g/mol. The molecule has 0 bridgehead atoms. The number of likely N-dealkylation sites (tertiary alicyclic amines) is 1. The molecule has 0 radical (unpaired) electrons. The summed E-state index contributed by atoms with van der Waals surface area (Å²) in [6.45, 7) is 5.75. The van der Waals surface area contributed by atoms with Crippen LogP contribution in [0.4, 0.5) is 5.69 Å². The maximum absolute atomic E-state index is 12.2. The van der Waals surface area contributed by atoms with Crippen LogP contribution < -0.4 is 10.6 Å². The number of aryl methyl sites for hydroxylation is 1. The van der Waals surface area contributed by atoms with Crippen LogP contribution >= 0.6 is 12.4 Å². The Bertz CT molecular complexity index is 511. The van der Waals surface area contributed by atoms with Gasteiger partial charge in [0.2, 0.25) is 5.91 Å². The van der Waals surface area contributed by atoms with E-state index >= 15 is 0 Å². The normalized spacial score (nSPS) is 19.2. The van der Waals surface area contributed by atoms with Crippen LogP contribution in [0.3, 0.4) is 0 Å². The van der Waals surface area contributed by atoms with Gasteiger partial charge in [0.05, 0.1) is 6.54 Å². The monoisotopic (exact) mass is 337 g/mol. The Balaban J connectivity index is 0.00000192. The molecule has 0 atom stereocenters. The van der Waals surface area contributed by atoms with E-state index in [-0.39, 0.29) is 18.3 Å². The molecule has 128 valence electrons. The first-order chi connectivity index (χ1) is 10.7. The number of carbonyl (C=O) groups excluding carboxylic acids is 1. The Morgan fingerprint density at radius 3 is 2.52 bits per heavy atom. The lowest BCUT2D eigenvalue weighted by molar-refractivity contribution is -0.117. The highest BCUT2D eigenvalue weighted by Crippen LogP contribution is 2.28. The van der Waals surface area contributed by atoms with Gasteiger partial charge in [-0.25, -0.2) is 0 Å². The molecule has 0 spiro atoms. The van der Waals surface area contributed by atoms with Crippen molar-refractivity contribution in [3.8, 4) is 0 Å². The SMILES string of the molecule is Cc1ccccc1NC(=O)CN1CCC(NCC2CC2)CC1.Cl. The topological polar surface area (TPSA) is 44.4 Å². The van der Waals surface area contributed by atoms with Crippen molar-refractivity contribution in [2.45, 2.75) is 38.6 Å². The summed E-state index contributed by atoms with van der Waals surface area (Å²) in [4.78, 5) is 14.4. The molecule has 1 aromatic rings. The maximum Gasteiger partial charge on any atom is 0.238 e. The van der Waals surface area contributed by atoms with Gasteiger partial charge in [0.15, 0.2) is 0 Å². The third-order valence-electron chi connectivity index (χ3n) is 4.77. The van der Waals surface area contributed by atoms with Crippen LogP contribution in [0.1, 0.15) is 31.2 Å². The van der Waals surface area contributed by atoms with Crippen LogP contribution in [0, 0.1) is 12.8 Å². The van der Waals surface area contributed by atoms with Crippen molar-refractivity contribution >= 4 is 24.0 Å². The number of carbonyl (C=O) groups is 1. The first-order valence-electron chi connectivity index (χ1n) is 8.52. The smallest absolute Gasteiger partial charge is 0.238 e. The van der Waals surface area contributed by atoms with Crippen LogP contribution in [-0.2, 0) is 4.79 Å². The Kier molecular flexibility index (Phi) is 6.88. The van der Waals surface area contributed by atoms with E-state index in [9.17, 15) is 4.79 Å². The van der Waals surface area contributed by atoms with E-state index in [1.807, 2.05) is 31.2 Å². The molecule has 2 N–H and O–H groups in total. The molecule has 1 saturated carbocycles. The number of benzene rings is 1. The van der Waals surface area contributed by atoms with Crippen molar-refractivity contribution in [3.05, 3.63) is 29.8 Å². The van der Waals surface area contributed by atoms with E-state index < -0.39 is 0 Å². The Labute approximate surface area is 145 Å². The van der Waals surface area contributed by atoms with E-state index in [1.54, 1.807) is 0 Å². The van der Waals surface area contributed by atoms with Gasteiger partial charge in [-0.1, -0.05) is 18.2 Å². The number of piperidine rings is 1. The number of amides is 1. The minimum atomic E-state index is 0. The van der Waals surface area contributed by atoms with Gasteiger partial charge in [-0.15, -0.1) is 12.4 Å². The predicted molar refractivity (Wildman–Crippen MR) is 97.2 cm³/mol. The molecule has 1 aliphatic carbocycles. The first kappa shape index (κ1) is 18.2. The van der Waals surface area contributed by atoms with Crippen LogP contribution in [0.25, 0.3) is 0 Å². The number of nitrogens with one attached hydrogen (secondary N) is 2. The molecule has 2 aliphatic rings. The molecule has 2 fully saturated rings. The van der Waals surface area contributed by atoms with Crippen molar-refractivity contribution in [2.24, 2.45) is 5.92 Å². The molecule has 1 aliphatic heterocycles. The van der Waals surface area contributed by atoms with Gasteiger partial charge in [-0.3, -0.25) is 9.69 Å². The second kappa shape index (κ2) is 8.67. The number of rotatable bonds is 6. The molecular formula is C18H28ClN3O. The number of anilines is 1. The second-order valence-corrected chi connectivity index (χ2v) is 6.77. The van der Waals surface area contributed by atoms with Gasteiger partial charge in [0.1, 0.15) is 0 Å². The Morgan fingerprint density at radius 2 is 1.87 bits per heavy atom.